The summed E-state index contributed by atoms with van der Waals surface area (Å²) in [5.41, 5.74) is 0. The Kier molecular flexibility index (Phi) is 4.35. The molecule has 0 aliphatic heterocycles. The van der Waals surface area contributed by atoms with Crippen molar-refractivity contribution in [1.29, 1.82) is 0 Å². The molecule has 0 saturated carbocycles. The van der Waals surface area contributed by atoms with Gasteiger partial charge in [-0.15, -0.1) is 0 Å². The predicted molar refractivity (Wildman–Crippen MR) is 76.5 cm³/mol. The van der Waals surface area contributed by atoms with E-state index in [4.69, 9.17) is 27.0 Å². The highest BCUT2D eigenvalue weighted by Crippen LogP contribution is 2.31. The van der Waals surface area contributed by atoms with Gasteiger partial charge >= 0.3 is 0 Å². The Morgan fingerprint density at radius 1 is 1.21 bits per heavy atom. The lowest BCUT2D eigenvalue weighted by Gasteiger charge is -2.07. The SMILES string of the molecule is O=S(=O)(Cl)c1ccc(Oc2ccc(Br)cc2Cl)nc1. The molecule has 0 unspecified atom stereocenters. The first-order valence-corrected chi connectivity index (χ1v) is 8.38. The number of halogens is 3. The lowest BCUT2D eigenvalue weighted by atomic mass is 10.3. The molecule has 8 heteroatoms. The van der Waals surface area contributed by atoms with Gasteiger partial charge in [-0.1, -0.05) is 27.5 Å². The zero-order valence-electron chi connectivity index (χ0n) is 9.18. The highest BCUT2D eigenvalue weighted by atomic mass is 79.9. The second-order valence-corrected chi connectivity index (χ2v) is 7.34. The predicted octanol–water partition coefficient (Wildman–Crippen LogP) is 4.22. The van der Waals surface area contributed by atoms with Gasteiger partial charge < -0.3 is 4.74 Å². The van der Waals surface area contributed by atoms with Gasteiger partial charge in [0.2, 0.25) is 5.88 Å². The molecule has 0 aliphatic carbocycles. The molecule has 19 heavy (non-hydrogen) atoms. The van der Waals surface area contributed by atoms with E-state index in [1.807, 2.05) is 0 Å². The van der Waals surface area contributed by atoms with Crippen LogP contribution in [-0.4, -0.2) is 13.4 Å². The van der Waals surface area contributed by atoms with Gasteiger partial charge in [-0.2, -0.15) is 0 Å². The molecular formula is C11H6BrCl2NO3S. The number of benzene rings is 1. The fraction of sp³-hybridized carbons (Fsp3) is 0. The first-order valence-electron chi connectivity index (χ1n) is 4.90. The van der Waals surface area contributed by atoms with E-state index < -0.39 is 9.05 Å². The summed E-state index contributed by atoms with van der Waals surface area (Å²) in [4.78, 5) is 3.75. The lowest BCUT2D eigenvalue weighted by Crippen LogP contribution is -1.93. The molecule has 1 aromatic carbocycles. The maximum atomic E-state index is 11.1. The van der Waals surface area contributed by atoms with Crippen LogP contribution in [0.5, 0.6) is 11.6 Å². The van der Waals surface area contributed by atoms with Crippen molar-refractivity contribution in [2.45, 2.75) is 4.90 Å². The standard InChI is InChI=1S/C11H6BrCl2NO3S/c12-7-1-3-10(9(13)5-7)18-11-4-2-8(6-15-11)19(14,16)17/h1-6H. The third kappa shape index (κ3) is 3.82. The molecule has 0 radical (unpaired) electrons. The van der Waals surface area contributed by atoms with Gasteiger partial charge in [-0.3, -0.25) is 0 Å². The van der Waals surface area contributed by atoms with Crippen LogP contribution >= 0.6 is 38.2 Å². The van der Waals surface area contributed by atoms with Crippen LogP contribution in [0, 0.1) is 0 Å². The fourth-order valence-corrected chi connectivity index (χ4v) is 2.64. The molecule has 0 N–H and O–H groups in total. The molecule has 0 spiro atoms. The van der Waals surface area contributed by atoms with E-state index in [-0.39, 0.29) is 10.8 Å². The number of aromatic nitrogens is 1. The quantitative estimate of drug-likeness (QED) is 0.745. The third-order valence-electron chi connectivity index (χ3n) is 2.10. The second kappa shape index (κ2) is 5.66. The summed E-state index contributed by atoms with van der Waals surface area (Å²) in [6.45, 7) is 0. The van der Waals surface area contributed by atoms with E-state index in [1.54, 1.807) is 18.2 Å². The van der Waals surface area contributed by atoms with Gasteiger partial charge in [0.1, 0.15) is 10.6 Å². The number of hydrogen-bond donors (Lipinski definition) is 0. The molecule has 0 saturated heterocycles. The van der Waals surface area contributed by atoms with Crippen molar-refractivity contribution in [2.75, 3.05) is 0 Å². The van der Waals surface area contributed by atoms with E-state index in [0.717, 1.165) is 10.7 Å². The Morgan fingerprint density at radius 3 is 2.47 bits per heavy atom. The van der Waals surface area contributed by atoms with E-state index in [1.165, 1.54) is 12.1 Å². The first kappa shape index (κ1) is 14.6. The largest absolute Gasteiger partial charge is 0.437 e. The summed E-state index contributed by atoms with van der Waals surface area (Å²) in [6, 6.07) is 7.80. The maximum Gasteiger partial charge on any atom is 0.262 e. The Balaban J connectivity index is 2.25. The molecule has 100 valence electrons. The zero-order chi connectivity index (χ0) is 14.0. The Hall–Kier alpha value is -0.820. The average Bonchev–Trinajstić information content (AvgIpc) is 2.32. The van der Waals surface area contributed by atoms with Crippen molar-refractivity contribution in [1.82, 2.24) is 4.98 Å². The summed E-state index contributed by atoms with van der Waals surface area (Å²) in [7, 11) is 1.39. The van der Waals surface area contributed by atoms with Gasteiger partial charge in [-0.25, -0.2) is 13.4 Å². The summed E-state index contributed by atoms with van der Waals surface area (Å²) < 4.78 is 28.4. The minimum Gasteiger partial charge on any atom is -0.437 e. The Bertz CT molecular complexity index is 704. The number of ether oxygens (including phenoxy) is 1. The first-order chi connectivity index (χ1) is 8.86. The summed E-state index contributed by atoms with van der Waals surface area (Å²) in [5.74, 6) is 0.632. The van der Waals surface area contributed by atoms with Crippen LogP contribution in [0.2, 0.25) is 5.02 Å². The van der Waals surface area contributed by atoms with Gasteiger partial charge in [0.15, 0.2) is 0 Å². The van der Waals surface area contributed by atoms with E-state index in [9.17, 15) is 8.42 Å². The Labute approximate surface area is 127 Å². The number of pyridine rings is 1. The molecule has 2 rings (SSSR count). The molecule has 0 fully saturated rings. The maximum absolute atomic E-state index is 11.1. The van der Waals surface area contributed by atoms with Gasteiger partial charge in [0.25, 0.3) is 9.05 Å². The fourth-order valence-electron chi connectivity index (χ4n) is 1.24. The van der Waals surface area contributed by atoms with Crippen molar-refractivity contribution in [3.05, 3.63) is 46.0 Å². The molecule has 0 atom stereocenters. The minimum atomic E-state index is -3.78. The molecule has 1 aromatic heterocycles. The van der Waals surface area contributed by atoms with Crippen LogP contribution in [-0.2, 0) is 9.05 Å². The van der Waals surface area contributed by atoms with Gasteiger partial charge in [0.05, 0.1) is 11.2 Å². The normalized spacial score (nSPS) is 11.3. The smallest absolute Gasteiger partial charge is 0.262 e. The van der Waals surface area contributed by atoms with Crippen LogP contribution < -0.4 is 4.74 Å². The highest BCUT2D eigenvalue weighted by Gasteiger charge is 2.11. The molecule has 0 bridgehead atoms. The van der Waals surface area contributed by atoms with E-state index in [2.05, 4.69) is 20.9 Å². The Morgan fingerprint density at radius 2 is 1.95 bits per heavy atom. The van der Waals surface area contributed by atoms with Crippen LogP contribution in [0.15, 0.2) is 45.9 Å². The highest BCUT2D eigenvalue weighted by molar-refractivity contribution is 9.10. The van der Waals surface area contributed by atoms with Crippen molar-refractivity contribution in [2.24, 2.45) is 0 Å². The van der Waals surface area contributed by atoms with Gasteiger partial charge in [0, 0.05) is 21.2 Å². The van der Waals surface area contributed by atoms with E-state index >= 15 is 0 Å². The summed E-state index contributed by atoms with van der Waals surface area (Å²) >= 11 is 9.26. The molecule has 1 heterocycles. The van der Waals surface area contributed by atoms with Crippen LogP contribution in [0.3, 0.4) is 0 Å². The van der Waals surface area contributed by atoms with Crippen molar-refractivity contribution >= 4 is 47.3 Å². The average molecular weight is 383 g/mol. The van der Waals surface area contributed by atoms with Crippen LogP contribution in [0.4, 0.5) is 0 Å². The molecule has 2 aromatic rings. The van der Waals surface area contributed by atoms with Gasteiger partial charge in [-0.05, 0) is 24.3 Å². The third-order valence-corrected chi connectivity index (χ3v) is 4.23. The number of hydrogen-bond acceptors (Lipinski definition) is 4. The topological polar surface area (TPSA) is 56.3 Å². The summed E-state index contributed by atoms with van der Waals surface area (Å²) in [6.07, 6.45) is 1.12. The molecule has 4 nitrogen and oxygen atoms in total. The van der Waals surface area contributed by atoms with Crippen LogP contribution in [0.1, 0.15) is 0 Å². The minimum absolute atomic E-state index is 0.0941. The molecule has 0 aliphatic rings. The number of nitrogens with zero attached hydrogens (tertiary/aromatic N) is 1. The lowest BCUT2D eigenvalue weighted by molar-refractivity contribution is 0.462. The van der Waals surface area contributed by atoms with Crippen molar-refractivity contribution in [3.8, 4) is 11.6 Å². The summed E-state index contributed by atoms with van der Waals surface area (Å²) in [5, 5.41) is 0.408. The second-order valence-electron chi connectivity index (χ2n) is 3.45. The van der Waals surface area contributed by atoms with Crippen molar-refractivity contribution < 1.29 is 13.2 Å². The van der Waals surface area contributed by atoms with Crippen molar-refractivity contribution in [3.63, 3.8) is 0 Å². The number of rotatable bonds is 3. The van der Waals surface area contributed by atoms with Crippen LogP contribution in [0.25, 0.3) is 0 Å². The molecular weight excluding hydrogens is 377 g/mol. The monoisotopic (exact) mass is 381 g/mol. The molecule has 0 amide bonds. The van der Waals surface area contributed by atoms with E-state index in [0.29, 0.717) is 10.8 Å². The zero-order valence-corrected chi connectivity index (χ0v) is 13.1.